The first kappa shape index (κ1) is 9.26. The Hall–Kier alpha value is -1.30. The second kappa shape index (κ2) is 4.28. The lowest BCUT2D eigenvalue weighted by atomic mass is 9.97. The molecule has 72 valence electrons. The third-order valence-electron chi connectivity index (χ3n) is 2.78. The smallest absolute Gasteiger partial charge is 0.00888 e. The summed E-state index contributed by atoms with van der Waals surface area (Å²) in [5.41, 5.74) is 4.40. The van der Waals surface area contributed by atoms with Crippen molar-refractivity contribution in [3.63, 3.8) is 0 Å². The van der Waals surface area contributed by atoms with E-state index in [4.69, 9.17) is 0 Å². The van der Waals surface area contributed by atoms with Gasteiger partial charge in [-0.3, -0.25) is 0 Å². The number of rotatable bonds is 1. The summed E-state index contributed by atoms with van der Waals surface area (Å²) in [6.07, 6.45) is 10.2. The van der Waals surface area contributed by atoms with Crippen molar-refractivity contribution in [1.82, 2.24) is 0 Å². The highest BCUT2D eigenvalue weighted by atomic mass is 14.1. The Morgan fingerprint density at radius 3 is 2.50 bits per heavy atom. The molecular formula is C14H16. The minimum atomic E-state index is 1.08. The van der Waals surface area contributed by atoms with E-state index in [2.05, 4.69) is 49.4 Å². The van der Waals surface area contributed by atoms with Gasteiger partial charge in [-0.2, -0.15) is 0 Å². The molecule has 0 amide bonds. The SMILES string of the molecule is CCC1=C/Cc2ccccc2C/C=C\1. The molecule has 0 aromatic heterocycles. The number of fused-ring (bicyclic) bond motifs is 1. The quantitative estimate of drug-likeness (QED) is 0.624. The van der Waals surface area contributed by atoms with Crippen molar-refractivity contribution < 1.29 is 0 Å². The molecule has 0 aliphatic heterocycles. The maximum absolute atomic E-state index is 2.34. The molecule has 1 aromatic rings. The van der Waals surface area contributed by atoms with E-state index in [1.807, 2.05) is 0 Å². The van der Waals surface area contributed by atoms with Crippen LogP contribution in [0.1, 0.15) is 24.5 Å². The molecule has 0 atom stereocenters. The molecule has 0 bridgehead atoms. The van der Waals surface area contributed by atoms with E-state index in [1.165, 1.54) is 16.7 Å². The Labute approximate surface area is 86.0 Å². The Balaban J connectivity index is 2.32. The third-order valence-corrected chi connectivity index (χ3v) is 2.78. The summed E-state index contributed by atoms with van der Waals surface area (Å²) in [6.45, 7) is 2.21. The Morgan fingerprint density at radius 2 is 1.79 bits per heavy atom. The van der Waals surface area contributed by atoms with Crippen LogP contribution in [0.15, 0.2) is 48.1 Å². The van der Waals surface area contributed by atoms with Crippen LogP contribution in [0.4, 0.5) is 0 Å². The van der Waals surface area contributed by atoms with Crippen LogP contribution in [0.3, 0.4) is 0 Å². The molecule has 14 heavy (non-hydrogen) atoms. The summed E-state index contributed by atoms with van der Waals surface area (Å²) in [4.78, 5) is 0. The third kappa shape index (κ3) is 1.95. The Morgan fingerprint density at radius 1 is 1.07 bits per heavy atom. The molecule has 0 nitrogen and oxygen atoms in total. The molecule has 0 fully saturated rings. The van der Waals surface area contributed by atoms with E-state index >= 15 is 0 Å². The topological polar surface area (TPSA) is 0 Å². The zero-order chi connectivity index (χ0) is 9.80. The maximum Gasteiger partial charge on any atom is -0.00888 e. The summed E-state index contributed by atoms with van der Waals surface area (Å²) in [5.74, 6) is 0. The lowest BCUT2D eigenvalue weighted by Gasteiger charge is -2.09. The summed E-state index contributed by atoms with van der Waals surface area (Å²) >= 11 is 0. The van der Waals surface area contributed by atoms with Gasteiger partial charge in [-0.15, -0.1) is 0 Å². The molecular weight excluding hydrogens is 168 g/mol. The van der Waals surface area contributed by atoms with Crippen LogP contribution in [0, 0.1) is 0 Å². The van der Waals surface area contributed by atoms with Crippen molar-refractivity contribution in [2.45, 2.75) is 26.2 Å². The number of allylic oxidation sites excluding steroid dienone is 4. The van der Waals surface area contributed by atoms with Crippen LogP contribution >= 0.6 is 0 Å². The van der Waals surface area contributed by atoms with Gasteiger partial charge in [0.15, 0.2) is 0 Å². The summed E-state index contributed by atoms with van der Waals surface area (Å²) in [5, 5.41) is 0. The maximum atomic E-state index is 2.34. The standard InChI is InChI=1S/C14H16/c1-2-12-6-5-9-13-7-3-4-8-14(13)11-10-12/h3-8,10H,2,9,11H2,1H3/b6-5-,12-10-. The van der Waals surface area contributed by atoms with Crippen LogP contribution in [-0.4, -0.2) is 0 Å². The summed E-state index contributed by atoms with van der Waals surface area (Å²) < 4.78 is 0. The summed E-state index contributed by atoms with van der Waals surface area (Å²) in [7, 11) is 0. The van der Waals surface area contributed by atoms with E-state index in [-0.39, 0.29) is 0 Å². The zero-order valence-electron chi connectivity index (χ0n) is 8.66. The van der Waals surface area contributed by atoms with Crippen LogP contribution in [-0.2, 0) is 12.8 Å². The van der Waals surface area contributed by atoms with Gasteiger partial charge in [0.1, 0.15) is 0 Å². The van der Waals surface area contributed by atoms with Crippen molar-refractivity contribution in [3.05, 3.63) is 59.2 Å². The highest BCUT2D eigenvalue weighted by Gasteiger charge is 2.01. The van der Waals surface area contributed by atoms with Gasteiger partial charge in [-0.05, 0) is 30.4 Å². The van der Waals surface area contributed by atoms with Gasteiger partial charge in [0, 0.05) is 0 Å². The average molecular weight is 184 g/mol. The highest BCUT2D eigenvalue weighted by Crippen LogP contribution is 2.16. The molecule has 1 aliphatic rings. The molecule has 0 radical (unpaired) electrons. The lowest BCUT2D eigenvalue weighted by molar-refractivity contribution is 1.07. The fourth-order valence-corrected chi connectivity index (χ4v) is 1.86. The monoisotopic (exact) mass is 184 g/mol. The molecule has 0 saturated carbocycles. The molecule has 0 heterocycles. The van der Waals surface area contributed by atoms with E-state index in [0.717, 1.165) is 19.3 Å². The number of hydrogen-bond acceptors (Lipinski definition) is 0. The fourth-order valence-electron chi connectivity index (χ4n) is 1.86. The van der Waals surface area contributed by atoms with E-state index < -0.39 is 0 Å². The van der Waals surface area contributed by atoms with Gasteiger partial charge >= 0.3 is 0 Å². The normalized spacial score (nSPS) is 21.4. The van der Waals surface area contributed by atoms with E-state index in [1.54, 1.807) is 0 Å². The van der Waals surface area contributed by atoms with Gasteiger partial charge in [0.05, 0.1) is 0 Å². The van der Waals surface area contributed by atoms with Crippen molar-refractivity contribution in [3.8, 4) is 0 Å². The van der Waals surface area contributed by atoms with Gasteiger partial charge in [0.25, 0.3) is 0 Å². The van der Waals surface area contributed by atoms with Gasteiger partial charge in [-0.25, -0.2) is 0 Å². The average Bonchev–Trinajstić information content (AvgIpc) is 2.19. The first-order chi connectivity index (χ1) is 6.90. The largest absolute Gasteiger partial charge is 0.0799 e. The minimum absolute atomic E-state index is 1.08. The molecule has 0 unspecified atom stereocenters. The van der Waals surface area contributed by atoms with E-state index in [9.17, 15) is 0 Å². The second-order valence-electron chi connectivity index (χ2n) is 3.71. The molecule has 0 heteroatoms. The van der Waals surface area contributed by atoms with Crippen LogP contribution in [0.2, 0.25) is 0 Å². The van der Waals surface area contributed by atoms with Crippen LogP contribution < -0.4 is 0 Å². The number of benzene rings is 1. The Bertz CT molecular complexity index is 369. The van der Waals surface area contributed by atoms with Gasteiger partial charge < -0.3 is 0 Å². The van der Waals surface area contributed by atoms with Crippen molar-refractivity contribution in [2.24, 2.45) is 0 Å². The zero-order valence-corrected chi connectivity index (χ0v) is 8.66. The van der Waals surface area contributed by atoms with Gasteiger partial charge in [0.2, 0.25) is 0 Å². The van der Waals surface area contributed by atoms with Crippen molar-refractivity contribution in [1.29, 1.82) is 0 Å². The van der Waals surface area contributed by atoms with Crippen molar-refractivity contribution >= 4 is 0 Å². The second-order valence-corrected chi connectivity index (χ2v) is 3.71. The van der Waals surface area contributed by atoms with Gasteiger partial charge in [-0.1, -0.05) is 55.0 Å². The molecule has 1 aliphatic carbocycles. The predicted octanol–water partition coefficient (Wildman–Crippen LogP) is 3.68. The molecule has 0 spiro atoms. The number of hydrogen-bond donors (Lipinski definition) is 0. The molecule has 2 rings (SSSR count). The molecule has 1 aromatic carbocycles. The predicted molar refractivity (Wildman–Crippen MR) is 61.4 cm³/mol. The first-order valence-corrected chi connectivity index (χ1v) is 5.32. The van der Waals surface area contributed by atoms with Crippen LogP contribution in [0.5, 0.6) is 0 Å². The first-order valence-electron chi connectivity index (χ1n) is 5.32. The highest BCUT2D eigenvalue weighted by molar-refractivity contribution is 5.35. The molecule has 0 saturated heterocycles. The fraction of sp³-hybridized carbons (Fsp3) is 0.286. The van der Waals surface area contributed by atoms with E-state index in [0.29, 0.717) is 0 Å². The summed E-state index contributed by atoms with van der Waals surface area (Å²) in [6, 6.07) is 8.71. The molecule has 0 N–H and O–H groups in total. The minimum Gasteiger partial charge on any atom is -0.0799 e. The lowest BCUT2D eigenvalue weighted by Crippen LogP contribution is -1.94. The van der Waals surface area contributed by atoms with Crippen LogP contribution in [0.25, 0.3) is 0 Å². The Kier molecular flexibility index (Phi) is 2.83. The van der Waals surface area contributed by atoms with Crippen molar-refractivity contribution in [2.75, 3.05) is 0 Å².